The Morgan fingerprint density at radius 1 is 1.48 bits per heavy atom. The lowest BCUT2D eigenvalue weighted by Gasteiger charge is -2.21. The lowest BCUT2D eigenvalue weighted by molar-refractivity contribution is -0.0205. The fourth-order valence-corrected chi connectivity index (χ4v) is 2.22. The number of hydrogen-bond acceptors (Lipinski definition) is 5. The highest BCUT2D eigenvalue weighted by Gasteiger charge is 2.14. The van der Waals surface area contributed by atoms with Gasteiger partial charge in [0.15, 0.2) is 0 Å². The van der Waals surface area contributed by atoms with Crippen LogP contribution in [0.5, 0.6) is 0 Å². The first-order chi connectivity index (χ1) is 11.0. The maximum Gasteiger partial charge on any atom is 0.274 e. The SMILES string of the molecule is CCN(CC)CCC(CC#N)ONC(=O)c1ccc(N)c(Cl)c1. The van der Waals surface area contributed by atoms with E-state index in [1.807, 2.05) is 0 Å². The van der Waals surface area contributed by atoms with Crippen molar-refractivity contribution in [3.05, 3.63) is 28.8 Å². The Kier molecular flexibility index (Phi) is 8.41. The van der Waals surface area contributed by atoms with Crippen molar-refractivity contribution in [2.75, 3.05) is 25.4 Å². The molecule has 3 N–H and O–H groups in total. The van der Waals surface area contributed by atoms with E-state index >= 15 is 0 Å². The van der Waals surface area contributed by atoms with Crippen LogP contribution in [0.2, 0.25) is 5.02 Å². The van der Waals surface area contributed by atoms with Crippen LogP contribution >= 0.6 is 11.6 Å². The zero-order chi connectivity index (χ0) is 17.2. The number of anilines is 1. The molecule has 1 aromatic rings. The van der Waals surface area contributed by atoms with E-state index < -0.39 is 5.91 Å². The minimum Gasteiger partial charge on any atom is -0.398 e. The molecule has 0 aliphatic rings. The third-order valence-electron chi connectivity index (χ3n) is 3.56. The number of amides is 1. The lowest BCUT2D eigenvalue weighted by Crippen LogP contribution is -2.33. The minimum absolute atomic E-state index is 0.212. The number of rotatable bonds is 9. The third kappa shape index (κ3) is 6.45. The van der Waals surface area contributed by atoms with Gasteiger partial charge >= 0.3 is 0 Å². The summed E-state index contributed by atoms with van der Waals surface area (Å²) >= 11 is 5.89. The van der Waals surface area contributed by atoms with Crippen LogP contribution in [-0.4, -0.2) is 36.5 Å². The zero-order valence-electron chi connectivity index (χ0n) is 13.5. The van der Waals surface area contributed by atoms with Gasteiger partial charge in [-0.15, -0.1) is 0 Å². The molecule has 0 aliphatic carbocycles. The summed E-state index contributed by atoms with van der Waals surface area (Å²) in [5.41, 5.74) is 8.75. The van der Waals surface area contributed by atoms with Crippen LogP contribution < -0.4 is 11.2 Å². The van der Waals surface area contributed by atoms with Crippen molar-refractivity contribution in [2.45, 2.75) is 32.8 Å². The summed E-state index contributed by atoms with van der Waals surface area (Å²) in [4.78, 5) is 19.7. The van der Waals surface area contributed by atoms with Crippen molar-refractivity contribution in [3.63, 3.8) is 0 Å². The molecular weight excluding hydrogens is 316 g/mol. The maximum atomic E-state index is 12.0. The highest BCUT2D eigenvalue weighted by molar-refractivity contribution is 6.33. The number of carbonyl (C=O) groups is 1. The number of nitrogens with one attached hydrogen (secondary N) is 1. The minimum atomic E-state index is -0.419. The summed E-state index contributed by atoms with van der Waals surface area (Å²) in [6.07, 6.45) is 0.524. The molecule has 1 atom stereocenters. The van der Waals surface area contributed by atoms with Crippen molar-refractivity contribution in [2.24, 2.45) is 0 Å². The monoisotopic (exact) mass is 338 g/mol. The number of benzene rings is 1. The molecule has 1 unspecified atom stereocenters. The van der Waals surface area contributed by atoms with Crippen LogP contribution in [0.4, 0.5) is 5.69 Å². The Morgan fingerprint density at radius 3 is 2.74 bits per heavy atom. The van der Waals surface area contributed by atoms with Crippen LogP contribution in [0.3, 0.4) is 0 Å². The van der Waals surface area contributed by atoms with Crippen molar-refractivity contribution in [1.82, 2.24) is 10.4 Å². The predicted octanol–water partition coefficient (Wildman–Crippen LogP) is 2.60. The summed E-state index contributed by atoms with van der Waals surface area (Å²) in [7, 11) is 0. The highest BCUT2D eigenvalue weighted by atomic mass is 35.5. The number of nitrogens with two attached hydrogens (primary N) is 1. The van der Waals surface area contributed by atoms with Crippen LogP contribution in [0.15, 0.2) is 18.2 Å². The quantitative estimate of drug-likeness (QED) is 0.533. The topological polar surface area (TPSA) is 91.4 Å². The molecule has 1 aromatic carbocycles. The predicted molar refractivity (Wildman–Crippen MR) is 90.8 cm³/mol. The first-order valence-electron chi connectivity index (χ1n) is 7.62. The summed E-state index contributed by atoms with van der Waals surface area (Å²) in [6.45, 7) is 6.84. The summed E-state index contributed by atoms with van der Waals surface area (Å²) in [5.74, 6) is -0.419. The van der Waals surface area contributed by atoms with E-state index in [1.165, 1.54) is 6.07 Å². The summed E-state index contributed by atoms with van der Waals surface area (Å²) < 4.78 is 0. The van der Waals surface area contributed by atoms with Crippen LogP contribution in [-0.2, 0) is 4.84 Å². The Balaban J connectivity index is 2.55. The summed E-state index contributed by atoms with van der Waals surface area (Å²) in [6, 6.07) is 6.68. The van der Waals surface area contributed by atoms with Gasteiger partial charge in [-0.3, -0.25) is 9.63 Å². The van der Waals surface area contributed by atoms with Gasteiger partial charge in [-0.05, 0) is 37.7 Å². The van der Waals surface area contributed by atoms with Gasteiger partial charge in [0.2, 0.25) is 0 Å². The molecule has 0 fully saturated rings. The number of nitrogens with zero attached hydrogens (tertiary/aromatic N) is 2. The Morgan fingerprint density at radius 2 is 2.17 bits per heavy atom. The fraction of sp³-hybridized carbons (Fsp3) is 0.500. The average Bonchev–Trinajstić information content (AvgIpc) is 2.55. The second-order valence-corrected chi connectivity index (χ2v) is 5.49. The molecule has 0 bridgehead atoms. The van der Waals surface area contributed by atoms with E-state index in [1.54, 1.807) is 12.1 Å². The molecule has 23 heavy (non-hydrogen) atoms. The molecule has 0 aliphatic heterocycles. The smallest absolute Gasteiger partial charge is 0.274 e. The maximum absolute atomic E-state index is 12.0. The molecule has 0 radical (unpaired) electrons. The molecule has 0 saturated heterocycles. The molecule has 126 valence electrons. The van der Waals surface area contributed by atoms with Gasteiger partial charge in [0.25, 0.3) is 5.91 Å². The number of nitrogen functional groups attached to an aromatic ring is 1. The number of carbonyl (C=O) groups excluding carboxylic acids is 1. The van der Waals surface area contributed by atoms with Gasteiger partial charge in [-0.1, -0.05) is 25.4 Å². The Labute approximate surface area is 142 Å². The van der Waals surface area contributed by atoms with E-state index in [9.17, 15) is 4.79 Å². The standard InChI is InChI=1S/C16H23ClN4O2/c1-3-21(4-2)10-8-13(7-9-18)23-20-16(22)12-5-6-15(19)14(17)11-12/h5-6,11,13H,3-4,7-8,10,19H2,1-2H3,(H,20,22). The molecule has 6 nitrogen and oxygen atoms in total. The Hall–Kier alpha value is -1.81. The number of nitriles is 1. The van der Waals surface area contributed by atoms with E-state index in [2.05, 4.69) is 30.3 Å². The molecule has 0 heterocycles. The molecule has 1 amide bonds. The second kappa shape index (κ2) is 10.1. The second-order valence-electron chi connectivity index (χ2n) is 5.09. The molecule has 0 saturated carbocycles. The molecule has 0 spiro atoms. The van der Waals surface area contributed by atoms with Crippen LogP contribution in [0.25, 0.3) is 0 Å². The number of hydroxylamine groups is 1. The number of hydrogen-bond donors (Lipinski definition) is 2. The van der Waals surface area contributed by atoms with Crippen molar-refractivity contribution >= 4 is 23.2 Å². The van der Waals surface area contributed by atoms with E-state index in [-0.39, 0.29) is 12.5 Å². The molecule has 1 rings (SSSR count). The van der Waals surface area contributed by atoms with Gasteiger partial charge in [0.05, 0.1) is 29.3 Å². The normalized spacial score (nSPS) is 12.0. The first kappa shape index (κ1) is 19.2. The lowest BCUT2D eigenvalue weighted by atomic mass is 10.2. The van der Waals surface area contributed by atoms with E-state index in [0.717, 1.165) is 19.6 Å². The average molecular weight is 339 g/mol. The molecule has 0 aromatic heterocycles. The van der Waals surface area contributed by atoms with E-state index in [4.69, 9.17) is 27.4 Å². The number of halogens is 1. The zero-order valence-corrected chi connectivity index (χ0v) is 14.3. The largest absolute Gasteiger partial charge is 0.398 e. The Bertz CT molecular complexity index is 556. The third-order valence-corrected chi connectivity index (χ3v) is 3.89. The van der Waals surface area contributed by atoms with Crippen molar-refractivity contribution in [1.29, 1.82) is 5.26 Å². The van der Waals surface area contributed by atoms with Crippen molar-refractivity contribution in [3.8, 4) is 6.07 Å². The van der Waals surface area contributed by atoms with E-state index in [0.29, 0.717) is 22.7 Å². The first-order valence-corrected chi connectivity index (χ1v) is 7.99. The van der Waals surface area contributed by atoms with Crippen LogP contribution in [0, 0.1) is 11.3 Å². The van der Waals surface area contributed by atoms with Gasteiger partial charge in [0, 0.05) is 12.1 Å². The van der Waals surface area contributed by atoms with Gasteiger partial charge in [-0.2, -0.15) is 5.26 Å². The van der Waals surface area contributed by atoms with Crippen molar-refractivity contribution < 1.29 is 9.63 Å². The molecular formula is C16H23ClN4O2. The van der Waals surface area contributed by atoms with Gasteiger partial charge < -0.3 is 10.6 Å². The fourth-order valence-electron chi connectivity index (χ4n) is 2.04. The van der Waals surface area contributed by atoms with Crippen LogP contribution in [0.1, 0.15) is 37.0 Å². The molecule has 7 heteroatoms. The highest BCUT2D eigenvalue weighted by Crippen LogP contribution is 2.19. The summed E-state index contributed by atoms with van der Waals surface area (Å²) in [5, 5.41) is 9.19. The van der Waals surface area contributed by atoms with Gasteiger partial charge in [-0.25, -0.2) is 5.48 Å². The van der Waals surface area contributed by atoms with Gasteiger partial charge in [0.1, 0.15) is 0 Å².